The van der Waals surface area contributed by atoms with Crippen LogP contribution in [0.3, 0.4) is 0 Å². The highest BCUT2D eigenvalue weighted by atomic mass is 32.2. The molecule has 1 aromatic rings. The minimum atomic E-state index is 0.296. The van der Waals surface area contributed by atoms with E-state index in [0.29, 0.717) is 6.10 Å². The number of guanidine groups is 1. The first-order valence-electron chi connectivity index (χ1n) is 8.70. The molecule has 2 N–H and O–H groups in total. The highest BCUT2D eigenvalue weighted by Crippen LogP contribution is 2.17. The zero-order valence-corrected chi connectivity index (χ0v) is 15.3. The molecule has 1 unspecified atom stereocenters. The van der Waals surface area contributed by atoms with Crippen LogP contribution in [0.25, 0.3) is 0 Å². The van der Waals surface area contributed by atoms with Gasteiger partial charge in [0.2, 0.25) is 0 Å². The Balaban J connectivity index is 1.45. The minimum absolute atomic E-state index is 0.296. The zero-order valence-electron chi connectivity index (χ0n) is 14.5. The van der Waals surface area contributed by atoms with Gasteiger partial charge >= 0.3 is 0 Å². The Labute approximate surface area is 149 Å². The molecule has 1 aliphatic rings. The fourth-order valence-corrected chi connectivity index (χ4v) is 3.25. The van der Waals surface area contributed by atoms with Crippen LogP contribution in [0.2, 0.25) is 0 Å². The van der Waals surface area contributed by atoms with E-state index < -0.39 is 0 Å². The van der Waals surface area contributed by atoms with Crippen LogP contribution < -0.4 is 10.6 Å². The van der Waals surface area contributed by atoms with Gasteiger partial charge in [-0.25, -0.2) is 0 Å². The van der Waals surface area contributed by atoms with Crippen LogP contribution >= 0.6 is 11.8 Å². The molecule has 5 nitrogen and oxygen atoms in total. The van der Waals surface area contributed by atoms with Gasteiger partial charge in [0.25, 0.3) is 0 Å². The van der Waals surface area contributed by atoms with Crippen LogP contribution in [-0.2, 0) is 9.47 Å². The molecule has 0 aromatic heterocycles. The molecule has 24 heavy (non-hydrogen) atoms. The maximum Gasteiger partial charge on any atom is 0.190 e. The zero-order chi connectivity index (χ0) is 16.9. The molecule has 1 atom stereocenters. The minimum Gasteiger partial charge on any atom is -0.379 e. The molecule has 134 valence electrons. The predicted octanol–water partition coefficient (Wildman–Crippen LogP) is 2.53. The van der Waals surface area contributed by atoms with Crippen molar-refractivity contribution in [1.82, 2.24) is 10.6 Å². The number of nitrogens with zero attached hydrogens (tertiary/aromatic N) is 1. The molecule has 0 radical (unpaired) electrons. The van der Waals surface area contributed by atoms with Crippen molar-refractivity contribution in [3.05, 3.63) is 30.3 Å². The van der Waals surface area contributed by atoms with Crippen LogP contribution in [0.15, 0.2) is 40.2 Å². The van der Waals surface area contributed by atoms with Gasteiger partial charge in [-0.05, 0) is 37.1 Å². The fraction of sp³-hybridized carbons (Fsp3) is 0.611. The summed E-state index contributed by atoms with van der Waals surface area (Å²) in [6.07, 6.45) is 3.40. The molecule has 1 aliphatic heterocycles. The first-order chi connectivity index (χ1) is 11.9. The van der Waals surface area contributed by atoms with E-state index in [9.17, 15) is 0 Å². The van der Waals surface area contributed by atoms with Crippen molar-refractivity contribution >= 4 is 17.7 Å². The van der Waals surface area contributed by atoms with E-state index in [-0.39, 0.29) is 0 Å². The number of nitrogens with one attached hydrogen (secondary N) is 2. The van der Waals surface area contributed by atoms with Crippen molar-refractivity contribution in [3.8, 4) is 0 Å². The molecule has 1 heterocycles. The van der Waals surface area contributed by atoms with E-state index in [0.717, 1.165) is 63.9 Å². The average Bonchev–Trinajstić information content (AvgIpc) is 3.14. The maximum absolute atomic E-state index is 5.75. The standard InChI is InChI=1S/C18H29N3O2S/c1-19-18(20-10-5-12-23-16-9-13-22-15-16)21-11-6-14-24-17-7-3-2-4-8-17/h2-4,7-8,16H,5-6,9-15H2,1H3,(H2,19,20,21). The Kier molecular flexibility index (Phi) is 9.68. The number of rotatable bonds is 10. The quantitative estimate of drug-likeness (QED) is 0.294. The normalized spacial score (nSPS) is 17.9. The molecule has 0 spiro atoms. The van der Waals surface area contributed by atoms with E-state index in [1.54, 1.807) is 7.05 Å². The second kappa shape index (κ2) is 12.2. The molecular formula is C18H29N3O2S. The van der Waals surface area contributed by atoms with Crippen LogP contribution in [0.1, 0.15) is 19.3 Å². The summed E-state index contributed by atoms with van der Waals surface area (Å²) in [6.45, 7) is 4.15. The first kappa shape index (κ1) is 19.1. The summed E-state index contributed by atoms with van der Waals surface area (Å²) in [5, 5.41) is 6.68. The Morgan fingerprint density at radius 2 is 2.04 bits per heavy atom. The third-order valence-electron chi connectivity index (χ3n) is 3.70. The van der Waals surface area contributed by atoms with Gasteiger partial charge in [-0.1, -0.05) is 18.2 Å². The number of ether oxygens (including phenoxy) is 2. The summed E-state index contributed by atoms with van der Waals surface area (Å²) in [5.74, 6) is 1.97. The van der Waals surface area contributed by atoms with Crippen molar-refractivity contribution < 1.29 is 9.47 Å². The van der Waals surface area contributed by atoms with Crippen LogP contribution in [0.5, 0.6) is 0 Å². The molecule has 1 saturated heterocycles. The number of thioether (sulfide) groups is 1. The second-order valence-electron chi connectivity index (χ2n) is 5.65. The van der Waals surface area contributed by atoms with Crippen molar-refractivity contribution in [2.45, 2.75) is 30.3 Å². The molecule has 6 heteroatoms. The molecule has 0 amide bonds. The van der Waals surface area contributed by atoms with E-state index in [1.807, 2.05) is 17.8 Å². The Morgan fingerprint density at radius 1 is 1.25 bits per heavy atom. The van der Waals surface area contributed by atoms with E-state index in [2.05, 4.69) is 39.9 Å². The Morgan fingerprint density at radius 3 is 2.75 bits per heavy atom. The number of benzene rings is 1. The van der Waals surface area contributed by atoms with Crippen LogP contribution in [-0.4, -0.2) is 57.8 Å². The van der Waals surface area contributed by atoms with Crippen LogP contribution in [0.4, 0.5) is 0 Å². The lowest BCUT2D eigenvalue weighted by atomic mass is 10.3. The Hall–Kier alpha value is -1.24. The summed E-state index contributed by atoms with van der Waals surface area (Å²) in [7, 11) is 1.81. The van der Waals surface area contributed by atoms with Gasteiger partial charge < -0.3 is 20.1 Å². The Bertz CT molecular complexity index is 465. The number of hydrogen-bond acceptors (Lipinski definition) is 4. The summed E-state index contributed by atoms with van der Waals surface area (Å²) in [6, 6.07) is 10.5. The molecule has 1 aromatic carbocycles. The largest absolute Gasteiger partial charge is 0.379 e. The van der Waals surface area contributed by atoms with Crippen LogP contribution in [0, 0.1) is 0 Å². The highest BCUT2D eigenvalue weighted by molar-refractivity contribution is 7.99. The molecule has 0 bridgehead atoms. The van der Waals surface area contributed by atoms with Crippen molar-refractivity contribution in [2.24, 2.45) is 4.99 Å². The van der Waals surface area contributed by atoms with Gasteiger partial charge in [-0.2, -0.15) is 0 Å². The topological polar surface area (TPSA) is 54.9 Å². The lowest BCUT2D eigenvalue weighted by Gasteiger charge is -2.13. The maximum atomic E-state index is 5.75. The summed E-state index contributed by atoms with van der Waals surface area (Å²) < 4.78 is 11.0. The molecule has 2 rings (SSSR count). The van der Waals surface area contributed by atoms with E-state index in [4.69, 9.17) is 9.47 Å². The smallest absolute Gasteiger partial charge is 0.190 e. The van der Waals surface area contributed by atoms with Gasteiger partial charge in [0.15, 0.2) is 5.96 Å². The number of aliphatic imine (C=N–C) groups is 1. The average molecular weight is 352 g/mol. The highest BCUT2D eigenvalue weighted by Gasteiger charge is 2.15. The number of hydrogen-bond donors (Lipinski definition) is 2. The fourth-order valence-electron chi connectivity index (χ4n) is 2.38. The van der Waals surface area contributed by atoms with Crippen molar-refractivity contribution in [1.29, 1.82) is 0 Å². The van der Waals surface area contributed by atoms with E-state index in [1.165, 1.54) is 4.90 Å². The second-order valence-corrected chi connectivity index (χ2v) is 6.82. The third-order valence-corrected chi connectivity index (χ3v) is 4.80. The molecule has 0 saturated carbocycles. The van der Waals surface area contributed by atoms with Gasteiger partial charge in [-0.3, -0.25) is 4.99 Å². The molecular weight excluding hydrogens is 322 g/mol. The summed E-state index contributed by atoms with van der Waals surface area (Å²) in [4.78, 5) is 5.57. The summed E-state index contributed by atoms with van der Waals surface area (Å²) >= 11 is 1.89. The summed E-state index contributed by atoms with van der Waals surface area (Å²) in [5.41, 5.74) is 0. The van der Waals surface area contributed by atoms with E-state index >= 15 is 0 Å². The van der Waals surface area contributed by atoms with Gasteiger partial charge in [0, 0.05) is 38.2 Å². The molecule has 0 aliphatic carbocycles. The predicted molar refractivity (Wildman–Crippen MR) is 101 cm³/mol. The molecule has 1 fully saturated rings. The lowest BCUT2D eigenvalue weighted by Crippen LogP contribution is -2.38. The first-order valence-corrected chi connectivity index (χ1v) is 9.69. The van der Waals surface area contributed by atoms with Gasteiger partial charge in [0.05, 0.1) is 12.7 Å². The van der Waals surface area contributed by atoms with Gasteiger partial charge in [-0.15, -0.1) is 11.8 Å². The van der Waals surface area contributed by atoms with Crippen molar-refractivity contribution in [2.75, 3.05) is 45.7 Å². The lowest BCUT2D eigenvalue weighted by molar-refractivity contribution is 0.0420. The van der Waals surface area contributed by atoms with Crippen molar-refractivity contribution in [3.63, 3.8) is 0 Å². The third kappa shape index (κ3) is 8.04. The van der Waals surface area contributed by atoms with Gasteiger partial charge in [0.1, 0.15) is 0 Å². The monoisotopic (exact) mass is 351 g/mol. The SMILES string of the molecule is CN=C(NCCCOC1CCOC1)NCCCSc1ccccc1.